The third-order valence-corrected chi connectivity index (χ3v) is 7.86. The van der Waals surface area contributed by atoms with Crippen molar-refractivity contribution in [3.05, 3.63) is 90.4 Å². The molecule has 3 aromatic carbocycles. The zero-order valence-corrected chi connectivity index (χ0v) is 21.4. The van der Waals surface area contributed by atoms with E-state index >= 15 is 0 Å². The predicted octanol–water partition coefficient (Wildman–Crippen LogP) is 7.02. The molecule has 6 heteroatoms. The van der Waals surface area contributed by atoms with E-state index in [-0.39, 0.29) is 11.9 Å². The predicted molar refractivity (Wildman–Crippen MR) is 145 cm³/mol. The molecule has 0 saturated carbocycles. The number of ether oxygens (including phenoxy) is 1. The van der Waals surface area contributed by atoms with Gasteiger partial charge in [-0.3, -0.25) is 9.80 Å². The molecule has 5 nitrogen and oxygen atoms in total. The Hall–Kier alpha value is -3.64. The molecule has 1 amide bonds. The zero-order chi connectivity index (χ0) is 25.6. The maximum absolute atomic E-state index is 14.9. The highest BCUT2D eigenvalue weighted by atomic mass is 19.1. The number of halogens is 1. The van der Waals surface area contributed by atoms with Crippen LogP contribution in [0, 0.1) is 5.82 Å². The second-order valence-electron chi connectivity index (χ2n) is 10.6. The Bertz CT molecular complexity index is 1440. The van der Waals surface area contributed by atoms with Gasteiger partial charge in [0.15, 0.2) is 0 Å². The van der Waals surface area contributed by atoms with Crippen LogP contribution in [0.5, 0.6) is 0 Å². The molecule has 0 aliphatic carbocycles. The first-order chi connectivity index (χ1) is 17.9. The number of benzene rings is 3. The Labute approximate surface area is 217 Å². The van der Waals surface area contributed by atoms with Gasteiger partial charge in [0.1, 0.15) is 11.4 Å². The molecule has 37 heavy (non-hydrogen) atoms. The van der Waals surface area contributed by atoms with E-state index in [1.807, 2.05) is 54.6 Å². The van der Waals surface area contributed by atoms with Gasteiger partial charge in [-0.25, -0.2) is 9.18 Å². The number of piperidine rings is 1. The largest absolute Gasteiger partial charge is 0.441 e. The topological polar surface area (TPSA) is 37.7 Å². The minimum atomic E-state index is -0.437. The average molecular weight is 498 g/mol. The summed E-state index contributed by atoms with van der Waals surface area (Å²) in [6, 6.07) is 23.2. The van der Waals surface area contributed by atoms with E-state index < -0.39 is 5.60 Å². The average Bonchev–Trinajstić information content (AvgIpc) is 3.44. The van der Waals surface area contributed by atoms with Gasteiger partial charge in [-0.1, -0.05) is 48.5 Å². The van der Waals surface area contributed by atoms with Gasteiger partial charge in [0.05, 0.1) is 6.54 Å². The highest BCUT2D eigenvalue weighted by Crippen LogP contribution is 2.38. The van der Waals surface area contributed by atoms with Gasteiger partial charge in [-0.05, 0) is 49.2 Å². The number of fused-ring (bicyclic) bond motifs is 1. The number of likely N-dealkylation sites (tertiary alicyclic amines) is 1. The van der Waals surface area contributed by atoms with E-state index in [1.165, 1.54) is 11.6 Å². The van der Waals surface area contributed by atoms with E-state index in [2.05, 4.69) is 35.6 Å². The lowest BCUT2D eigenvalue weighted by Gasteiger charge is -2.37. The maximum Gasteiger partial charge on any atom is 0.415 e. The molecule has 2 aliphatic heterocycles. The molecule has 4 aromatic rings. The second-order valence-corrected chi connectivity index (χ2v) is 10.6. The van der Waals surface area contributed by atoms with Gasteiger partial charge in [0.2, 0.25) is 0 Å². The fourth-order valence-electron chi connectivity index (χ4n) is 5.90. The van der Waals surface area contributed by atoms with E-state index in [0.717, 1.165) is 54.6 Å². The van der Waals surface area contributed by atoms with E-state index in [1.54, 1.807) is 11.0 Å². The van der Waals surface area contributed by atoms with Crippen molar-refractivity contribution in [1.29, 1.82) is 0 Å². The summed E-state index contributed by atoms with van der Waals surface area (Å²) >= 11 is 0. The second kappa shape index (κ2) is 9.34. The molecule has 2 fully saturated rings. The van der Waals surface area contributed by atoms with Gasteiger partial charge in [-0.15, -0.1) is 0 Å². The van der Waals surface area contributed by atoms with Crippen molar-refractivity contribution in [3.8, 4) is 11.1 Å². The van der Waals surface area contributed by atoms with Crippen LogP contribution in [0.1, 0.15) is 38.3 Å². The molecule has 0 N–H and O–H groups in total. The molecular formula is C31H32FN3O2. The first kappa shape index (κ1) is 23.7. The van der Waals surface area contributed by atoms with Crippen LogP contribution in [0.15, 0.2) is 79.0 Å². The Morgan fingerprint density at radius 1 is 0.919 bits per heavy atom. The zero-order valence-electron chi connectivity index (χ0n) is 21.4. The summed E-state index contributed by atoms with van der Waals surface area (Å²) in [5.74, 6) is -0.204. The number of anilines is 1. The van der Waals surface area contributed by atoms with Crippen LogP contribution in [0.25, 0.3) is 22.0 Å². The van der Waals surface area contributed by atoms with Crippen molar-refractivity contribution < 1.29 is 13.9 Å². The fourth-order valence-corrected chi connectivity index (χ4v) is 5.90. The lowest BCUT2D eigenvalue weighted by atomic mass is 9.90. The number of rotatable bonds is 5. The van der Waals surface area contributed by atoms with Crippen LogP contribution in [0.4, 0.5) is 14.9 Å². The molecule has 1 spiro atoms. The van der Waals surface area contributed by atoms with Gasteiger partial charge >= 0.3 is 6.09 Å². The smallest absolute Gasteiger partial charge is 0.415 e. The molecule has 2 saturated heterocycles. The van der Waals surface area contributed by atoms with Crippen LogP contribution >= 0.6 is 0 Å². The summed E-state index contributed by atoms with van der Waals surface area (Å²) < 4.78 is 23.1. The monoisotopic (exact) mass is 497 g/mol. The summed E-state index contributed by atoms with van der Waals surface area (Å²) in [5.41, 5.74) is 4.34. The van der Waals surface area contributed by atoms with Crippen LogP contribution in [0.3, 0.4) is 0 Å². The Morgan fingerprint density at radius 3 is 2.35 bits per heavy atom. The maximum atomic E-state index is 14.9. The van der Waals surface area contributed by atoms with E-state index in [4.69, 9.17) is 4.74 Å². The molecule has 0 radical (unpaired) electrons. The van der Waals surface area contributed by atoms with Crippen molar-refractivity contribution in [2.45, 2.75) is 44.9 Å². The Balaban J connectivity index is 1.26. The summed E-state index contributed by atoms with van der Waals surface area (Å²) in [5, 5.41) is 1.11. The molecule has 0 bridgehead atoms. The Morgan fingerprint density at radius 2 is 1.62 bits per heavy atom. The molecule has 190 valence electrons. The third-order valence-electron chi connectivity index (χ3n) is 7.86. The number of para-hydroxylation sites is 1. The first-order valence-corrected chi connectivity index (χ1v) is 13.1. The van der Waals surface area contributed by atoms with Gasteiger partial charge < -0.3 is 9.30 Å². The van der Waals surface area contributed by atoms with Crippen LogP contribution in [0.2, 0.25) is 0 Å². The molecular weight excluding hydrogens is 465 g/mol. The van der Waals surface area contributed by atoms with E-state index in [0.29, 0.717) is 18.2 Å². The SMILES string of the molecule is CC(C)n1cc(CN2CCC3(CC2)CN(c2ccccc2)C(=O)O3)c2c(-c3ccccc3F)cccc21. The fraction of sp³-hybridized carbons (Fsp3) is 0.323. The number of nitrogens with zero attached hydrogens (tertiary/aromatic N) is 3. The van der Waals surface area contributed by atoms with Crippen molar-refractivity contribution in [3.63, 3.8) is 0 Å². The van der Waals surface area contributed by atoms with Gasteiger partial charge in [0.25, 0.3) is 0 Å². The summed E-state index contributed by atoms with van der Waals surface area (Å²) in [4.78, 5) is 16.9. The number of hydrogen-bond acceptors (Lipinski definition) is 3. The number of aromatic nitrogens is 1. The number of hydrogen-bond donors (Lipinski definition) is 0. The highest BCUT2D eigenvalue weighted by Gasteiger charge is 2.47. The molecule has 0 atom stereocenters. The number of carbonyl (C=O) groups is 1. The van der Waals surface area contributed by atoms with Crippen LogP contribution < -0.4 is 4.90 Å². The molecule has 0 unspecified atom stereocenters. The normalized spacial score (nSPS) is 17.7. The van der Waals surface area contributed by atoms with Crippen molar-refractivity contribution in [2.24, 2.45) is 0 Å². The van der Waals surface area contributed by atoms with Gasteiger partial charge in [0, 0.05) is 66.9 Å². The minimum absolute atomic E-state index is 0.204. The number of amides is 1. The van der Waals surface area contributed by atoms with Gasteiger partial charge in [-0.2, -0.15) is 0 Å². The minimum Gasteiger partial charge on any atom is -0.441 e. The van der Waals surface area contributed by atoms with Crippen molar-refractivity contribution in [1.82, 2.24) is 9.47 Å². The molecule has 1 aromatic heterocycles. The van der Waals surface area contributed by atoms with Crippen molar-refractivity contribution in [2.75, 3.05) is 24.5 Å². The van der Waals surface area contributed by atoms with Crippen molar-refractivity contribution >= 4 is 22.7 Å². The lowest BCUT2D eigenvalue weighted by molar-refractivity contribution is -0.000890. The summed E-state index contributed by atoms with van der Waals surface area (Å²) in [6.45, 7) is 7.40. The lowest BCUT2D eigenvalue weighted by Crippen LogP contribution is -2.46. The van der Waals surface area contributed by atoms with Crippen LogP contribution in [-0.2, 0) is 11.3 Å². The Kier molecular flexibility index (Phi) is 6.00. The first-order valence-electron chi connectivity index (χ1n) is 13.1. The molecule has 6 rings (SSSR count). The summed E-state index contributed by atoms with van der Waals surface area (Å²) in [6.07, 6.45) is 3.57. The highest BCUT2D eigenvalue weighted by molar-refractivity contribution is 5.98. The summed E-state index contributed by atoms with van der Waals surface area (Å²) in [7, 11) is 0. The van der Waals surface area contributed by atoms with Crippen LogP contribution in [-0.4, -0.2) is 40.8 Å². The third kappa shape index (κ3) is 4.29. The standard InChI is InChI=1S/C31H32FN3O2/c1-22(2)34-20-23(29-26(12-8-14-28(29)34)25-11-6-7-13-27(25)32)19-33-17-15-31(16-18-33)21-35(30(36)37-31)24-9-4-3-5-10-24/h3-14,20,22H,15-19,21H2,1-2H3. The quantitative estimate of drug-likeness (QED) is 0.297. The molecule has 2 aliphatic rings. The number of carbonyl (C=O) groups excluding carboxylic acids is 1. The molecule has 3 heterocycles. The van der Waals surface area contributed by atoms with E-state index in [9.17, 15) is 9.18 Å².